The number of thioether (sulfide) groups is 2. The number of rotatable bonds is 10. The van der Waals surface area contributed by atoms with E-state index in [1.54, 1.807) is 49.9 Å². The summed E-state index contributed by atoms with van der Waals surface area (Å²) in [6.45, 7) is 0.753. The number of amides is 1. The molecule has 31 heavy (non-hydrogen) atoms. The third-order valence-corrected chi connectivity index (χ3v) is 7.28. The molecular formula is C22H25FN2O3S3. The molecule has 0 atom stereocenters. The van der Waals surface area contributed by atoms with Crippen LogP contribution in [0.3, 0.4) is 0 Å². The average molecular weight is 481 g/mol. The van der Waals surface area contributed by atoms with Crippen molar-refractivity contribution in [2.75, 3.05) is 32.0 Å². The maximum atomic E-state index is 13.0. The summed E-state index contributed by atoms with van der Waals surface area (Å²) in [5.74, 6) is 2.62. The van der Waals surface area contributed by atoms with Gasteiger partial charge in [-0.05, 0) is 42.7 Å². The second kappa shape index (κ2) is 11.6. The van der Waals surface area contributed by atoms with E-state index in [1.165, 1.54) is 23.5 Å². The van der Waals surface area contributed by atoms with Gasteiger partial charge in [0.05, 0.1) is 24.4 Å². The molecule has 2 aromatic carbocycles. The van der Waals surface area contributed by atoms with Crippen LogP contribution in [0.1, 0.15) is 12.8 Å². The number of methoxy groups -OCH3 is 2. The Morgan fingerprint density at radius 1 is 1.13 bits per heavy atom. The summed E-state index contributed by atoms with van der Waals surface area (Å²) in [7, 11) is 3.22. The number of aryl methyl sites for hydroxylation is 1. The molecule has 1 heterocycles. The topological polar surface area (TPSA) is 52.8 Å². The van der Waals surface area contributed by atoms with Crippen molar-refractivity contribution >= 4 is 51.0 Å². The van der Waals surface area contributed by atoms with Gasteiger partial charge in [0.2, 0.25) is 5.91 Å². The average Bonchev–Trinajstić information content (AvgIpc) is 3.10. The second-order valence-corrected chi connectivity index (χ2v) is 9.78. The molecule has 3 aromatic rings. The van der Waals surface area contributed by atoms with Crippen LogP contribution in [0.5, 0.6) is 11.5 Å². The SMILES string of the molecule is COc1cc2sc(=NC(=O)CCCSc3ccc(F)cc3)n(CCSC)c2cc1OC. The first-order chi connectivity index (χ1) is 15.0. The van der Waals surface area contributed by atoms with Gasteiger partial charge >= 0.3 is 0 Å². The van der Waals surface area contributed by atoms with Gasteiger partial charge in [0, 0.05) is 35.7 Å². The number of carbonyl (C=O) groups excluding carboxylic acids is 1. The van der Waals surface area contributed by atoms with E-state index >= 15 is 0 Å². The van der Waals surface area contributed by atoms with Gasteiger partial charge in [0.25, 0.3) is 0 Å². The van der Waals surface area contributed by atoms with Crippen molar-refractivity contribution in [3.63, 3.8) is 0 Å². The zero-order chi connectivity index (χ0) is 22.2. The quantitative estimate of drug-likeness (QED) is 0.294. The predicted octanol–water partition coefficient (Wildman–Crippen LogP) is 5.22. The summed E-state index contributed by atoms with van der Waals surface area (Å²) in [6.07, 6.45) is 3.14. The lowest BCUT2D eigenvalue weighted by Gasteiger charge is -2.09. The molecule has 0 fully saturated rings. The molecule has 1 amide bonds. The van der Waals surface area contributed by atoms with Crippen molar-refractivity contribution in [1.29, 1.82) is 0 Å². The molecule has 0 saturated heterocycles. The number of nitrogens with zero attached hydrogens (tertiary/aromatic N) is 2. The van der Waals surface area contributed by atoms with E-state index in [9.17, 15) is 9.18 Å². The number of ether oxygens (including phenoxy) is 2. The summed E-state index contributed by atoms with van der Waals surface area (Å²) in [5, 5.41) is 0. The number of fused-ring (bicyclic) bond motifs is 1. The highest BCUT2D eigenvalue weighted by Crippen LogP contribution is 2.33. The van der Waals surface area contributed by atoms with E-state index in [2.05, 4.69) is 15.8 Å². The summed E-state index contributed by atoms with van der Waals surface area (Å²) >= 11 is 4.83. The third-order valence-electron chi connectivity index (χ3n) is 4.54. The van der Waals surface area contributed by atoms with E-state index in [1.807, 2.05) is 12.1 Å². The fourth-order valence-electron chi connectivity index (χ4n) is 2.99. The lowest BCUT2D eigenvalue weighted by atomic mass is 10.3. The van der Waals surface area contributed by atoms with Crippen LogP contribution in [-0.2, 0) is 11.3 Å². The monoisotopic (exact) mass is 480 g/mol. The van der Waals surface area contributed by atoms with Gasteiger partial charge in [-0.2, -0.15) is 16.8 Å². The molecule has 0 aliphatic heterocycles. The molecule has 0 spiro atoms. The number of hydrogen-bond acceptors (Lipinski definition) is 6. The number of thiazole rings is 1. The lowest BCUT2D eigenvalue weighted by Crippen LogP contribution is -2.18. The minimum atomic E-state index is -0.244. The third kappa shape index (κ3) is 6.27. The fraction of sp³-hybridized carbons (Fsp3) is 0.364. The molecule has 9 heteroatoms. The molecule has 0 saturated carbocycles. The van der Waals surface area contributed by atoms with Crippen LogP contribution in [0.4, 0.5) is 4.39 Å². The van der Waals surface area contributed by atoms with E-state index in [-0.39, 0.29) is 11.7 Å². The maximum Gasteiger partial charge on any atom is 0.248 e. The van der Waals surface area contributed by atoms with Gasteiger partial charge in [-0.15, -0.1) is 11.8 Å². The van der Waals surface area contributed by atoms with Gasteiger partial charge in [-0.25, -0.2) is 4.39 Å². The van der Waals surface area contributed by atoms with Crippen molar-refractivity contribution in [2.45, 2.75) is 24.3 Å². The molecule has 0 bridgehead atoms. The van der Waals surface area contributed by atoms with E-state index in [0.717, 1.165) is 33.2 Å². The zero-order valence-corrected chi connectivity index (χ0v) is 20.2. The Labute approximate surface area is 193 Å². The van der Waals surface area contributed by atoms with Crippen LogP contribution >= 0.6 is 34.9 Å². The number of benzene rings is 2. The number of carbonyl (C=O) groups is 1. The largest absolute Gasteiger partial charge is 0.493 e. The highest BCUT2D eigenvalue weighted by molar-refractivity contribution is 7.99. The summed E-state index contributed by atoms with van der Waals surface area (Å²) < 4.78 is 26.9. The molecule has 0 radical (unpaired) electrons. The van der Waals surface area contributed by atoms with Crippen LogP contribution in [0.2, 0.25) is 0 Å². The molecule has 0 aliphatic carbocycles. The van der Waals surface area contributed by atoms with Gasteiger partial charge in [-0.3, -0.25) is 4.79 Å². The van der Waals surface area contributed by atoms with E-state index in [4.69, 9.17) is 9.47 Å². The first-order valence-corrected chi connectivity index (χ1v) is 13.0. The highest BCUT2D eigenvalue weighted by Gasteiger charge is 2.13. The molecule has 0 unspecified atom stereocenters. The Morgan fingerprint density at radius 3 is 2.52 bits per heavy atom. The van der Waals surface area contributed by atoms with Gasteiger partial charge < -0.3 is 14.0 Å². The van der Waals surface area contributed by atoms with Crippen LogP contribution in [0.25, 0.3) is 10.2 Å². The van der Waals surface area contributed by atoms with Crippen molar-refractivity contribution in [1.82, 2.24) is 4.57 Å². The predicted molar refractivity (Wildman–Crippen MR) is 128 cm³/mol. The summed E-state index contributed by atoms with van der Waals surface area (Å²) in [5.41, 5.74) is 0.982. The Bertz CT molecular complexity index is 1090. The molecule has 1 aromatic heterocycles. The first kappa shape index (κ1) is 23.7. The van der Waals surface area contributed by atoms with E-state index in [0.29, 0.717) is 29.1 Å². The highest BCUT2D eigenvalue weighted by atomic mass is 32.2. The van der Waals surface area contributed by atoms with E-state index < -0.39 is 0 Å². The van der Waals surface area contributed by atoms with Crippen LogP contribution in [0, 0.1) is 5.82 Å². The molecule has 3 rings (SSSR count). The first-order valence-electron chi connectivity index (χ1n) is 9.76. The molecule has 166 valence electrons. The Balaban J connectivity index is 1.75. The van der Waals surface area contributed by atoms with Crippen molar-refractivity contribution in [2.24, 2.45) is 4.99 Å². The Morgan fingerprint density at radius 2 is 1.84 bits per heavy atom. The van der Waals surface area contributed by atoms with Crippen LogP contribution in [0.15, 0.2) is 46.3 Å². The smallest absolute Gasteiger partial charge is 0.248 e. The minimum Gasteiger partial charge on any atom is -0.493 e. The maximum absolute atomic E-state index is 13.0. The number of hydrogen-bond donors (Lipinski definition) is 0. The van der Waals surface area contributed by atoms with Gasteiger partial charge in [0.1, 0.15) is 5.82 Å². The Hall–Kier alpha value is -1.97. The number of aromatic nitrogens is 1. The normalized spacial score (nSPS) is 11.8. The Kier molecular flexibility index (Phi) is 8.86. The summed E-state index contributed by atoms with van der Waals surface area (Å²) in [4.78, 5) is 18.6. The fourth-order valence-corrected chi connectivity index (χ4v) is 5.29. The van der Waals surface area contributed by atoms with Crippen molar-refractivity contribution in [3.05, 3.63) is 47.0 Å². The second-order valence-electron chi connectivity index (χ2n) is 6.62. The lowest BCUT2D eigenvalue weighted by molar-refractivity contribution is -0.118. The van der Waals surface area contributed by atoms with Crippen LogP contribution in [-0.4, -0.2) is 42.5 Å². The van der Waals surface area contributed by atoms with Crippen molar-refractivity contribution < 1.29 is 18.7 Å². The van der Waals surface area contributed by atoms with Gasteiger partial charge in [-0.1, -0.05) is 11.3 Å². The molecule has 5 nitrogen and oxygen atoms in total. The van der Waals surface area contributed by atoms with Crippen molar-refractivity contribution in [3.8, 4) is 11.5 Å². The summed E-state index contributed by atoms with van der Waals surface area (Å²) in [6, 6.07) is 10.3. The standard InChI is InChI=1S/C22H25FN2O3S3/c1-27-18-13-17-20(14-19(18)28-2)31-22(25(17)10-12-29-3)24-21(26)5-4-11-30-16-8-6-15(23)7-9-16/h6-9,13-14H,4-5,10-12H2,1-3H3. The molecule has 0 N–H and O–H groups in total. The zero-order valence-electron chi connectivity index (χ0n) is 17.7. The van der Waals surface area contributed by atoms with Crippen LogP contribution < -0.4 is 14.3 Å². The molecular weight excluding hydrogens is 455 g/mol. The van der Waals surface area contributed by atoms with Gasteiger partial charge in [0.15, 0.2) is 16.3 Å². The minimum absolute atomic E-state index is 0.136. The molecule has 0 aliphatic rings. The number of halogens is 1.